The fourth-order valence-corrected chi connectivity index (χ4v) is 5.64. The van der Waals surface area contributed by atoms with Gasteiger partial charge in [-0.25, -0.2) is 9.98 Å². The largest absolute Gasteiger partial charge is 0.492 e. The van der Waals surface area contributed by atoms with Gasteiger partial charge < -0.3 is 9.30 Å². The van der Waals surface area contributed by atoms with E-state index in [4.69, 9.17) is 9.73 Å². The van der Waals surface area contributed by atoms with Crippen molar-refractivity contribution >= 4 is 33.6 Å². The van der Waals surface area contributed by atoms with Crippen LogP contribution in [0.25, 0.3) is 0 Å². The van der Waals surface area contributed by atoms with Gasteiger partial charge in [0.2, 0.25) is 5.96 Å². The maximum atomic E-state index is 13.5. The Morgan fingerprint density at radius 3 is 2.85 bits per heavy atom. The van der Waals surface area contributed by atoms with Gasteiger partial charge in [-0.3, -0.25) is 14.6 Å². The highest BCUT2D eigenvalue weighted by Crippen LogP contribution is 2.36. The second-order valence-electron chi connectivity index (χ2n) is 8.64. The minimum atomic E-state index is -0.0380. The summed E-state index contributed by atoms with van der Waals surface area (Å²) < 4.78 is 8.63. The van der Waals surface area contributed by atoms with E-state index >= 15 is 0 Å². The summed E-state index contributed by atoms with van der Waals surface area (Å²) in [5.74, 6) is 2.33. The summed E-state index contributed by atoms with van der Waals surface area (Å²) in [5, 5.41) is 0. The molecular formula is C25H24BrN5O2. The van der Waals surface area contributed by atoms with Gasteiger partial charge in [0, 0.05) is 19.5 Å². The Morgan fingerprint density at radius 1 is 1.18 bits per heavy atom. The number of rotatable bonds is 5. The molecule has 1 aromatic heterocycles. The minimum Gasteiger partial charge on any atom is -0.492 e. The molecule has 0 saturated heterocycles. The fraction of sp³-hybridized carbons (Fsp3) is 0.320. The van der Waals surface area contributed by atoms with Crippen molar-refractivity contribution in [1.29, 1.82) is 0 Å². The molecule has 7 nitrogen and oxygen atoms in total. The van der Waals surface area contributed by atoms with Crippen LogP contribution in [0.5, 0.6) is 5.75 Å². The maximum absolute atomic E-state index is 13.5. The predicted octanol–water partition coefficient (Wildman–Crippen LogP) is 3.89. The van der Waals surface area contributed by atoms with Gasteiger partial charge in [0.25, 0.3) is 5.91 Å². The zero-order chi connectivity index (χ0) is 22.5. The molecule has 1 atom stereocenters. The third kappa shape index (κ3) is 3.44. The highest BCUT2D eigenvalue weighted by atomic mass is 79.9. The summed E-state index contributed by atoms with van der Waals surface area (Å²) in [5.41, 5.74) is 4.19. The van der Waals surface area contributed by atoms with E-state index in [9.17, 15) is 4.79 Å². The number of fused-ring (bicyclic) bond motifs is 4. The highest BCUT2D eigenvalue weighted by molar-refractivity contribution is 9.10. The smallest absolute Gasteiger partial charge is 0.281 e. The van der Waals surface area contributed by atoms with Gasteiger partial charge in [0.1, 0.15) is 5.75 Å². The van der Waals surface area contributed by atoms with Crippen LogP contribution < -0.4 is 9.64 Å². The van der Waals surface area contributed by atoms with E-state index in [0.29, 0.717) is 31.2 Å². The molecule has 0 saturated carbocycles. The van der Waals surface area contributed by atoms with Gasteiger partial charge in [0.05, 0.1) is 30.0 Å². The van der Waals surface area contributed by atoms with E-state index in [1.807, 2.05) is 17.6 Å². The van der Waals surface area contributed by atoms with Crippen molar-refractivity contribution in [2.45, 2.75) is 32.4 Å². The van der Waals surface area contributed by atoms with Crippen molar-refractivity contribution in [2.75, 3.05) is 24.6 Å². The van der Waals surface area contributed by atoms with Crippen LogP contribution in [-0.4, -0.2) is 52.1 Å². The van der Waals surface area contributed by atoms with E-state index in [-0.39, 0.29) is 11.9 Å². The monoisotopic (exact) mass is 505 g/mol. The van der Waals surface area contributed by atoms with E-state index in [2.05, 4.69) is 62.2 Å². The number of nitrogens with zero attached hydrogens (tertiary/aromatic N) is 5. The van der Waals surface area contributed by atoms with E-state index in [1.165, 1.54) is 11.1 Å². The molecule has 0 fully saturated rings. The number of halogens is 1. The molecule has 3 aliphatic rings. The van der Waals surface area contributed by atoms with Gasteiger partial charge >= 0.3 is 0 Å². The molecule has 0 spiro atoms. The van der Waals surface area contributed by atoms with Gasteiger partial charge in [-0.1, -0.05) is 36.4 Å². The third-order valence-corrected chi connectivity index (χ3v) is 7.07. The molecule has 6 rings (SSSR count). The van der Waals surface area contributed by atoms with Gasteiger partial charge in [-0.2, -0.15) is 0 Å². The van der Waals surface area contributed by atoms with Crippen molar-refractivity contribution in [3.63, 3.8) is 0 Å². The van der Waals surface area contributed by atoms with Gasteiger partial charge in [-0.15, -0.1) is 0 Å². The average Bonchev–Trinajstić information content (AvgIpc) is 3.54. The molecule has 168 valence electrons. The standard InChI is InChI=1S/C25H24BrN5O2/c1-2-30-24(32)21-23(31-14-19(28-25(30)31)11-16-6-4-3-5-7-16)27-15-29(21)13-17-10-18-8-9-33-22(18)20(26)12-17/h3-7,10,12,15,19H,2,8-9,11,13-14H2,1H3/t19-/m1/s1. The second-order valence-corrected chi connectivity index (χ2v) is 9.50. The first-order valence-corrected chi connectivity index (χ1v) is 12.1. The number of aromatic nitrogens is 2. The number of benzene rings is 2. The Labute approximate surface area is 200 Å². The topological polar surface area (TPSA) is 63.0 Å². The molecule has 0 N–H and O–H groups in total. The first-order valence-electron chi connectivity index (χ1n) is 11.3. The number of guanidine groups is 1. The predicted molar refractivity (Wildman–Crippen MR) is 130 cm³/mol. The molecule has 3 aliphatic heterocycles. The summed E-state index contributed by atoms with van der Waals surface area (Å²) in [7, 11) is 0. The van der Waals surface area contributed by atoms with Crippen molar-refractivity contribution in [3.05, 3.63) is 75.6 Å². The lowest BCUT2D eigenvalue weighted by Crippen LogP contribution is -2.50. The second kappa shape index (κ2) is 8.02. The van der Waals surface area contributed by atoms with E-state index in [0.717, 1.165) is 41.1 Å². The lowest BCUT2D eigenvalue weighted by molar-refractivity contribution is 0.0836. The lowest BCUT2D eigenvalue weighted by Gasteiger charge is -2.33. The Balaban J connectivity index is 1.32. The van der Waals surface area contributed by atoms with Crippen molar-refractivity contribution in [3.8, 4) is 5.75 Å². The molecule has 0 bridgehead atoms. The first-order chi connectivity index (χ1) is 16.1. The number of carbonyl (C=O) groups is 1. The van der Waals surface area contributed by atoms with Crippen molar-refractivity contribution < 1.29 is 9.53 Å². The molecular weight excluding hydrogens is 482 g/mol. The van der Waals surface area contributed by atoms with Gasteiger partial charge in [0.15, 0.2) is 11.5 Å². The number of hydrogen-bond acceptors (Lipinski definition) is 5. The zero-order valence-corrected chi connectivity index (χ0v) is 20.0. The molecule has 8 heteroatoms. The average molecular weight is 506 g/mol. The summed E-state index contributed by atoms with van der Waals surface area (Å²) in [6.45, 7) is 4.57. The normalized spacial score (nSPS) is 18.7. The fourth-order valence-electron chi connectivity index (χ4n) is 4.98. The highest BCUT2D eigenvalue weighted by Gasteiger charge is 2.42. The van der Waals surface area contributed by atoms with Crippen LogP contribution in [0.4, 0.5) is 5.82 Å². The van der Waals surface area contributed by atoms with Crippen molar-refractivity contribution in [2.24, 2.45) is 4.99 Å². The number of aliphatic imine (C=N–C) groups is 1. The van der Waals surface area contributed by atoms with Crippen LogP contribution >= 0.6 is 15.9 Å². The molecule has 3 aromatic rings. The Bertz CT molecular complexity index is 1270. The molecule has 33 heavy (non-hydrogen) atoms. The number of anilines is 1. The molecule has 1 amide bonds. The molecule has 0 aliphatic carbocycles. The van der Waals surface area contributed by atoms with E-state index < -0.39 is 0 Å². The molecule has 0 radical (unpaired) electrons. The van der Waals surface area contributed by atoms with Crippen LogP contribution in [0.3, 0.4) is 0 Å². The van der Waals surface area contributed by atoms with E-state index in [1.54, 1.807) is 11.2 Å². The summed E-state index contributed by atoms with van der Waals surface area (Å²) >= 11 is 3.63. The summed E-state index contributed by atoms with van der Waals surface area (Å²) in [4.78, 5) is 27.0. The molecule has 2 aromatic carbocycles. The van der Waals surface area contributed by atoms with Crippen LogP contribution in [0.15, 0.2) is 58.3 Å². The SMILES string of the molecule is CCN1C(=O)c2c(ncn2Cc2cc(Br)c3c(c2)CCO3)N2C[C@@H](Cc3ccccc3)N=C12. The van der Waals surface area contributed by atoms with Crippen LogP contribution in [0, 0.1) is 0 Å². The minimum absolute atomic E-state index is 0.0380. The summed E-state index contributed by atoms with van der Waals surface area (Å²) in [6.07, 6.45) is 3.53. The molecule has 4 heterocycles. The quantitative estimate of drug-likeness (QED) is 0.527. The Morgan fingerprint density at radius 2 is 2.03 bits per heavy atom. The number of ether oxygens (including phenoxy) is 1. The number of imidazole rings is 1. The van der Waals surface area contributed by atoms with Crippen LogP contribution in [-0.2, 0) is 19.4 Å². The lowest BCUT2D eigenvalue weighted by atomic mass is 10.1. The Hall–Kier alpha value is -3.13. The summed E-state index contributed by atoms with van der Waals surface area (Å²) in [6, 6.07) is 14.7. The number of amides is 1. The molecule has 0 unspecified atom stereocenters. The zero-order valence-electron chi connectivity index (χ0n) is 18.4. The Kier molecular flexibility index (Phi) is 4.98. The third-order valence-electron chi connectivity index (χ3n) is 6.48. The number of carbonyl (C=O) groups excluding carboxylic acids is 1. The van der Waals surface area contributed by atoms with Crippen LogP contribution in [0.1, 0.15) is 34.1 Å². The number of hydrogen-bond donors (Lipinski definition) is 0. The van der Waals surface area contributed by atoms with Crippen LogP contribution in [0.2, 0.25) is 0 Å². The maximum Gasteiger partial charge on any atom is 0.281 e. The first kappa shape index (κ1) is 20.5. The van der Waals surface area contributed by atoms with Gasteiger partial charge in [-0.05, 0) is 52.0 Å². The van der Waals surface area contributed by atoms with Crippen molar-refractivity contribution in [1.82, 2.24) is 14.5 Å².